The number of hydrogen-bond donors (Lipinski definition) is 0. The Bertz CT molecular complexity index is 1740. The molecule has 3 heterocycles. The molecular weight excluding hydrogens is 428 g/mol. The molecule has 4 nitrogen and oxygen atoms in total. The second-order valence-electron chi connectivity index (χ2n) is 8.78. The Hall–Kier alpha value is -4.70. The van der Waals surface area contributed by atoms with Crippen LogP contribution in [-0.4, -0.2) is 18.9 Å². The quantitative estimate of drug-likeness (QED) is 0.289. The van der Waals surface area contributed by atoms with E-state index in [0.29, 0.717) is 0 Å². The van der Waals surface area contributed by atoms with Gasteiger partial charge in [-0.3, -0.25) is 14.0 Å². The molecule has 0 N–H and O–H groups in total. The largest absolute Gasteiger partial charge is 0.278 e. The van der Waals surface area contributed by atoms with Crippen molar-refractivity contribution in [3.8, 4) is 5.69 Å². The first-order valence-electron chi connectivity index (χ1n) is 11.8. The van der Waals surface area contributed by atoms with Crippen molar-refractivity contribution in [3.05, 3.63) is 144 Å². The van der Waals surface area contributed by atoms with Gasteiger partial charge in [0.1, 0.15) is 0 Å². The molecular formula is C31H22N4. The van der Waals surface area contributed by atoms with Crippen molar-refractivity contribution in [1.29, 1.82) is 0 Å². The van der Waals surface area contributed by atoms with Crippen LogP contribution in [0.25, 0.3) is 33.5 Å². The molecule has 0 spiro atoms. The van der Waals surface area contributed by atoms with Gasteiger partial charge in [0.25, 0.3) is 0 Å². The van der Waals surface area contributed by atoms with Gasteiger partial charge in [0, 0.05) is 24.0 Å². The lowest BCUT2D eigenvalue weighted by Gasteiger charge is -2.19. The molecule has 0 radical (unpaired) electrons. The summed E-state index contributed by atoms with van der Waals surface area (Å²) in [6.45, 7) is 0. The van der Waals surface area contributed by atoms with Crippen LogP contribution in [0.4, 0.5) is 0 Å². The number of aromatic nitrogens is 4. The number of rotatable bonds is 4. The summed E-state index contributed by atoms with van der Waals surface area (Å²) < 4.78 is 4.51. The van der Waals surface area contributed by atoms with Crippen molar-refractivity contribution < 1.29 is 0 Å². The normalized spacial score (nSPS) is 12.5. The van der Waals surface area contributed by atoms with E-state index in [1.54, 1.807) is 0 Å². The molecule has 0 amide bonds. The molecule has 166 valence electrons. The van der Waals surface area contributed by atoms with Gasteiger partial charge in [-0.25, -0.2) is 4.98 Å². The zero-order valence-corrected chi connectivity index (χ0v) is 19.0. The Balaban J connectivity index is 1.41. The van der Waals surface area contributed by atoms with Crippen molar-refractivity contribution >= 4 is 27.8 Å². The summed E-state index contributed by atoms with van der Waals surface area (Å²) in [7, 11) is 0. The van der Waals surface area contributed by atoms with Crippen LogP contribution in [0.2, 0.25) is 0 Å². The van der Waals surface area contributed by atoms with Crippen LogP contribution in [0.1, 0.15) is 22.6 Å². The van der Waals surface area contributed by atoms with E-state index < -0.39 is 0 Å². The Kier molecular flexibility index (Phi) is 4.49. The zero-order valence-electron chi connectivity index (χ0n) is 19.0. The van der Waals surface area contributed by atoms with E-state index in [4.69, 9.17) is 4.98 Å². The summed E-state index contributed by atoms with van der Waals surface area (Å²) in [6.07, 6.45) is 3.73. The first kappa shape index (κ1) is 19.7. The van der Waals surface area contributed by atoms with E-state index in [9.17, 15) is 0 Å². The fraction of sp³-hybridized carbons (Fsp3) is 0.0323. The van der Waals surface area contributed by atoms with Crippen LogP contribution in [0.15, 0.2) is 128 Å². The number of para-hydroxylation sites is 4. The first-order chi connectivity index (χ1) is 17.4. The summed E-state index contributed by atoms with van der Waals surface area (Å²) in [6, 6.07) is 40.6. The number of pyridine rings is 1. The third kappa shape index (κ3) is 3.15. The monoisotopic (exact) mass is 450 g/mol. The highest BCUT2D eigenvalue weighted by Gasteiger charge is 2.19. The fourth-order valence-electron chi connectivity index (χ4n) is 5.20. The predicted octanol–water partition coefficient (Wildman–Crippen LogP) is 7.01. The third-order valence-corrected chi connectivity index (χ3v) is 6.76. The fourth-order valence-corrected chi connectivity index (χ4v) is 5.20. The van der Waals surface area contributed by atoms with E-state index >= 15 is 0 Å². The summed E-state index contributed by atoms with van der Waals surface area (Å²) >= 11 is 0. The first-order valence-corrected chi connectivity index (χ1v) is 11.8. The lowest BCUT2D eigenvalue weighted by molar-refractivity contribution is 0.967. The molecule has 0 fully saturated rings. The van der Waals surface area contributed by atoms with Crippen LogP contribution < -0.4 is 0 Å². The Labute approximate surface area is 202 Å². The maximum absolute atomic E-state index is 5.00. The van der Waals surface area contributed by atoms with E-state index in [1.165, 1.54) is 16.7 Å². The van der Waals surface area contributed by atoms with Gasteiger partial charge in [0.05, 0.1) is 22.1 Å². The summed E-state index contributed by atoms with van der Waals surface area (Å²) in [5.74, 6) is 1.07. The van der Waals surface area contributed by atoms with Gasteiger partial charge in [-0.2, -0.15) is 0 Å². The molecule has 7 aromatic rings. The molecule has 0 bridgehead atoms. The highest BCUT2D eigenvalue weighted by Crippen LogP contribution is 2.33. The average Bonchev–Trinajstić information content (AvgIpc) is 3.45. The molecule has 0 aliphatic rings. The Morgan fingerprint density at radius 3 is 1.89 bits per heavy atom. The van der Waals surface area contributed by atoms with Crippen LogP contribution in [0.3, 0.4) is 0 Å². The van der Waals surface area contributed by atoms with Crippen molar-refractivity contribution in [2.75, 3.05) is 0 Å². The maximum atomic E-state index is 5.00. The van der Waals surface area contributed by atoms with E-state index in [0.717, 1.165) is 33.5 Å². The predicted molar refractivity (Wildman–Crippen MR) is 141 cm³/mol. The minimum absolute atomic E-state index is 0.142. The number of hydrogen-bond acceptors (Lipinski definition) is 2. The molecule has 0 aliphatic carbocycles. The van der Waals surface area contributed by atoms with Crippen LogP contribution in [0, 0.1) is 0 Å². The highest BCUT2D eigenvalue weighted by atomic mass is 15.2. The van der Waals surface area contributed by atoms with Gasteiger partial charge in [0.15, 0.2) is 0 Å². The van der Waals surface area contributed by atoms with Crippen LogP contribution >= 0.6 is 0 Å². The van der Waals surface area contributed by atoms with Crippen LogP contribution in [0.5, 0.6) is 0 Å². The summed E-state index contributed by atoms with van der Waals surface area (Å²) in [5, 5.41) is 0. The Morgan fingerprint density at radius 2 is 1.11 bits per heavy atom. The number of fused-ring (bicyclic) bond motifs is 5. The van der Waals surface area contributed by atoms with Gasteiger partial charge in [-0.05, 0) is 65.2 Å². The van der Waals surface area contributed by atoms with Gasteiger partial charge in [0.2, 0.25) is 5.78 Å². The van der Waals surface area contributed by atoms with Crippen molar-refractivity contribution in [2.45, 2.75) is 5.92 Å². The van der Waals surface area contributed by atoms with E-state index in [-0.39, 0.29) is 5.92 Å². The molecule has 7 rings (SSSR count). The second kappa shape index (κ2) is 7.96. The standard InChI is InChI=1S/C31H22N4/c1-2-8-22(9-3-1)30(24-18-20-32-21-19-24)23-14-16-25(17-15-23)34-28-12-6-7-13-29(28)35-27-11-5-4-10-26(27)33-31(34)35/h1-21,30H. The molecule has 1 atom stereocenters. The van der Waals surface area contributed by atoms with Gasteiger partial charge in [-0.15, -0.1) is 0 Å². The minimum atomic E-state index is 0.142. The summed E-state index contributed by atoms with van der Waals surface area (Å²) in [4.78, 5) is 9.23. The molecule has 0 saturated heterocycles. The van der Waals surface area contributed by atoms with E-state index in [2.05, 4.69) is 123 Å². The minimum Gasteiger partial charge on any atom is -0.278 e. The van der Waals surface area contributed by atoms with Gasteiger partial charge in [-0.1, -0.05) is 66.7 Å². The molecule has 1 unspecified atom stereocenters. The SMILES string of the molecule is c1ccc(C(c2ccncc2)c2ccc(-n3c4ccccc4n4c5ccccc5nc34)cc2)cc1. The van der Waals surface area contributed by atoms with Crippen molar-refractivity contribution in [3.63, 3.8) is 0 Å². The van der Waals surface area contributed by atoms with Crippen molar-refractivity contribution in [2.24, 2.45) is 0 Å². The Morgan fingerprint density at radius 1 is 0.514 bits per heavy atom. The topological polar surface area (TPSA) is 35.1 Å². The maximum Gasteiger partial charge on any atom is 0.220 e. The second-order valence-corrected chi connectivity index (χ2v) is 8.78. The molecule has 4 heteroatoms. The van der Waals surface area contributed by atoms with Crippen LogP contribution in [-0.2, 0) is 0 Å². The van der Waals surface area contributed by atoms with Gasteiger partial charge >= 0.3 is 0 Å². The average molecular weight is 451 g/mol. The lowest BCUT2D eigenvalue weighted by Crippen LogP contribution is -2.04. The zero-order chi connectivity index (χ0) is 23.2. The smallest absolute Gasteiger partial charge is 0.220 e. The molecule has 4 aromatic carbocycles. The summed E-state index contributed by atoms with van der Waals surface area (Å²) in [5.41, 5.74) is 9.24. The molecule has 0 saturated carbocycles. The third-order valence-electron chi connectivity index (χ3n) is 6.76. The highest BCUT2D eigenvalue weighted by molar-refractivity contribution is 5.92. The van der Waals surface area contributed by atoms with Crippen molar-refractivity contribution in [1.82, 2.24) is 18.9 Å². The molecule has 35 heavy (non-hydrogen) atoms. The van der Waals surface area contributed by atoms with E-state index in [1.807, 2.05) is 18.5 Å². The molecule has 3 aromatic heterocycles. The molecule has 0 aliphatic heterocycles. The number of nitrogens with zero attached hydrogens (tertiary/aromatic N) is 4. The number of imidazole rings is 2. The number of benzene rings is 4. The van der Waals surface area contributed by atoms with Gasteiger partial charge < -0.3 is 0 Å². The lowest BCUT2D eigenvalue weighted by atomic mass is 9.85.